The third kappa shape index (κ3) is 2.03. The second kappa shape index (κ2) is 4.00. The van der Waals surface area contributed by atoms with Crippen molar-refractivity contribution >= 4 is 5.91 Å². The van der Waals surface area contributed by atoms with Crippen molar-refractivity contribution in [2.24, 2.45) is 0 Å². The van der Waals surface area contributed by atoms with Crippen molar-refractivity contribution in [2.75, 3.05) is 14.2 Å². The molecule has 0 saturated heterocycles. The average Bonchev–Trinajstić information content (AvgIpc) is 2.16. The van der Waals surface area contributed by atoms with Gasteiger partial charge < -0.3 is 0 Å². The molecule has 1 amide bonds. The van der Waals surface area contributed by atoms with Crippen molar-refractivity contribution in [1.29, 1.82) is 0 Å². The number of amides is 1. The van der Waals surface area contributed by atoms with Crippen molar-refractivity contribution in [1.82, 2.24) is 10.0 Å². The Morgan fingerprint density at radius 2 is 2.31 bits per heavy atom. The summed E-state index contributed by atoms with van der Waals surface area (Å²) in [5, 5.41) is 1.18. The van der Waals surface area contributed by atoms with Gasteiger partial charge in [-0.25, -0.2) is 5.06 Å². The van der Waals surface area contributed by atoms with Gasteiger partial charge >= 0.3 is 0 Å². The average molecular weight is 180 g/mol. The summed E-state index contributed by atoms with van der Waals surface area (Å²) in [6.45, 7) is 1.84. The van der Waals surface area contributed by atoms with E-state index in [0.717, 1.165) is 5.56 Å². The molecule has 1 aromatic heterocycles. The summed E-state index contributed by atoms with van der Waals surface area (Å²) in [6.07, 6.45) is 3.24. The molecule has 70 valence electrons. The van der Waals surface area contributed by atoms with Crippen LogP contribution >= 0.6 is 0 Å². The Kier molecular flexibility index (Phi) is 2.97. The van der Waals surface area contributed by atoms with Crippen LogP contribution in [0, 0.1) is 6.92 Å². The number of aryl methyl sites for hydroxylation is 1. The quantitative estimate of drug-likeness (QED) is 0.638. The van der Waals surface area contributed by atoms with Crippen LogP contribution in [0.1, 0.15) is 15.9 Å². The van der Waals surface area contributed by atoms with E-state index in [2.05, 4.69) is 4.98 Å². The molecule has 0 radical (unpaired) electrons. The number of carbonyl (C=O) groups is 1. The number of aromatic nitrogens is 1. The molecule has 13 heavy (non-hydrogen) atoms. The lowest BCUT2D eigenvalue weighted by atomic mass is 10.1. The van der Waals surface area contributed by atoms with Crippen LogP contribution in [0.5, 0.6) is 0 Å². The van der Waals surface area contributed by atoms with E-state index in [9.17, 15) is 4.79 Å². The molecule has 0 aliphatic rings. The standard InChI is InChI=1S/C9H12N2O2/c1-7-6-10-5-4-8(7)9(12)11(2)13-3/h4-6H,1-3H3. The van der Waals surface area contributed by atoms with Crippen LogP contribution in [0.25, 0.3) is 0 Å². The highest BCUT2D eigenvalue weighted by Gasteiger charge is 2.12. The Morgan fingerprint density at radius 3 is 2.85 bits per heavy atom. The first-order chi connectivity index (χ1) is 6.16. The maximum atomic E-state index is 11.6. The van der Waals surface area contributed by atoms with Crippen molar-refractivity contribution in [2.45, 2.75) is 6.92 Å². The number of nitrogens with zero attached hydrogens (tertiary/aromatic N) is 2. The largest absolute Gasteiger partial charge is 0.277 e. The second-order valence-electron chi connectivity index (χ2n) is 2.68. The molecule has 4 nitrogen and oxygen atoms in total. The molecule has 0 aromatic carbocycles. The first kappa shape index (κ1) is 9.67. The number of carbonyl (C=O) groups excluding carboxylic acids is 1. The molecule has 0 aliphatic heterocycles. The van der Waals surface area contributed by atoms with Gasteiger partial charge in [-0.2, -0.15) is 0 Å². The molecular formula is C9H12N2O2. The summed E-state index contributed by atoms with van der Waals surface area (Å²) in [4.78, 5) is 20.3. The molecule has 4 heteroatoms. The SMILES string of the molecule is CON(C)C(=O)c1ccncc1C. The van der Waals surface area contributed by atoms with Gasteiger partial charge in [0.05, 0.1) is 7.11 Å². The van der Waals surface area contributed by atoms with Crippen LogP contribution in [0.15, 0.2) is 18.5 Å². The lowest BCUT2D eigenvalue weighted by Crippen LogP contribution is -2.26. The van der Waals surface area contributed by atoms with E-state index >= 15 is 0 Å². The molecule has 0 aliphatic carbocycles. The third-order valence-corrected chi connectivity index (χ3v) is 1.81. The Hall–Kier alpha value is -1.42. The molecule has 0 spiro atoms. The van der Waals surface area contributed by atoms with Gasteiger partial charge in [0.15, 0.2) is 0 Å². The fourth-order valence-electron chi connectivity index (χ4n) is 0.966. The molecule has 0 N–H and O–H groups in total. The van der Waals surface area contributed by atoms with Crippen molar-refractivity contribution < 1.29 is 9.63 Å². The summed E-state index contributed by atoms with van der Waals surface area (Å²) in [7, 11) is 3.02. The molecule has 0 unspecified atom stereocenters. The topological polar surface area (TPSA) is 42.4 Å². The van der Waals surface area contributed by atoms with E-state index in [-0.39, 0.29) is 5.91 Å². The smallest absolute Gasteiger partial charge is 0.274 e. The Balaban J connectivity index is 2.95. The number of hydroxylamine groups is 2. The van der Waals surface area contributed by atoms with E-state index in [4.69, 9.17) is 4.84 Å². The van der Waals surface area contributed by atoms with E-state index in [1.807, 2.05) is 6.92 Å². The van der Waals surface area contributed by atoms with E-state index in [0.29, 0.717) is 5.56 Å². The predicted molar refractivity (Wildman–Crippen MR) is 48.1 cm³/mol. The van der Waals surface area contributed by atoms with Gasteiger partial charge in [-0.05, 0) is 18.6 Å². The molecule has 0 atom stereocenters. The normalized spacial score (nSPS) is 9.77. The van der Waals surface area contributed by atoms with E-state index < -0.39 is 0 Å². The Labute approximate surface area is 77.1 Å². The van der Waals surface area contributed by atoms with Gasteiger partial charge in [-0.15, -0.1) is 0 Å². The fourth-order valence-corrected chi connectivity index (χ4v) is 0.966. The Bertz CT molecular complexity index is 312. The van der Waals surface area contributed by atoms with Gasteiger partial charge in [-0.1, -0.05) is 0 Å². The highest BCUT2D eigenvalue weighted by molar-refractivity contribution is 5.94. The zero-order valence-electron chi connectivity index (χ0n) is 7.94. The van der Waals surface area contributed by atoms with Crippen molar-refractivity contribution in [3.63, 3.8) is 0 Å². The zero-order chi connectivity index (χ0) is 9.84. The van der Waals surface area contributed by atoms with Gasteiger partial charge in [0.2, 0.25) is 0 Å². The molecule has 0 saturated carbocycles. The maximum absolute atomic E-state index is 11.6. The molecule has 1 rings (SSSR count). The summed E-state index contributed by atoms with van der Waals surface area (Å²) in [6, 6.07) is 1.67. The monoisotopic (exact) mass is 180 g/mol. The van der Waals surface area contributed by atoms with E-state index in [1.165, 1.54) is 12.2 Å². The molecule has 0 bridgehead atoms. The molecule has 0 fully saturated rings. The number of rotatable bonds is 2. The highest BCUT2D eigenvalue weighted by Crippen LogP contribution is 2.07. The predicted octanol–water partition coefficient (Wildman–Crippen LogP) is 1.02. The van der Waals surface area contributed by atoms with Crippen LogP contribution in [-0.2, 0) is 4.84 Å². The summed E-state index contributed by atoms with van der Waals surface area (Å²) >= 11 is 0. The van der Waals surface area contributed by atoms with Crippen molar-refractivity contribution in [3.05, 3.63) is 29.6 Å². The highest BCUT2D eigenvalue weighted by atomic mass is 16.7. The third-order valence-electron chi connectivity index (χ3n) is 1.81. The molecule has 1 aromatic rings. The molecular weight excluding hydrogens is 168 g/mol. The van der Waals surface area contributed by atoms with Gasteiger partial charge in [-0.3, -0.25) is 14.6 Å². The first-order valence-electron chi connectivity index (χ1n) is 3.89. The minimum Gasteiger partial charge on any atom is -0.274 e. The van der Waals surface area contributed by atoms with Crippen molar-refractivity contribution in [3.8, 4) is 0 Å². The summed E-state index contributed by atoms with van der Waals surface area (Å²) < 4.78 is 0. The van der Waals surface area contributed by atoms with Crippen LogP contribution in [0.4, 0.5) is 0 Å². The lowest BCUT2D eigenvalue weighted by molar-refractivity contribution is -0.0757. The second-order valence-corrected chi connectivity index (χ2v) is 2.68. The summed E-state index contributed by atoms with van der Waals surface area (Å²) in [5.41, 5.74) is 1.45. The van der Waals surface area contributed by atoms with Gasteiger partial charge in [0, 0.05) is 25.0 Å². The molecule has 1 heterocycles. The van der Waals surface area contributed by atoms with Crippen LogP contribution in [0.2, 0.25) is 0 Å². The van der Waals surface area contributed by atoms with E-state index in [1.54, 1.807) is 25.5 Å². The Morgan fingerprint density at radius 1 is 1.62 bits per heavy atom. The lowest BCUT2D eigenvalue weighted by Gasteiger charge is -2.14. The summed E-state index contributed by atoms with van der Waals surface area (Å²) in [5.74, 6) is -0.164. The van der Waals surface area contributed by atoms with Gasteiger partial charge in [0.1, 0.15) is 0 Å². The van der Waals surface area contributed by atoms with Crippen LogP contribution < -0.4 is 0 Å². The number of hydrogen-bond acceptors (Lipinski definition) is 3. The minimum absolute atomic E-state index is 0.164. The fraction of sp³-hybridized carbons (Fsp3) is 0.333. The first-order valence-corrected chi connectivity index (χ1v) is 3.89. The van der Waals surface area contributed by atoms with Crippen LogP contribution in [0.3, 0.4) is 0 Å². The van der Waals surface area contributed by atoms with Crippen LogP contribution in [-0.4, -0.2) is 30.1 Å². The minimum atomic E-state index is -0.164. The zero-order valence-corrected chi connectivity index (χ0v) is 7.94. The van der Waals surface area contributed by atoms with Gasteiger partial charge in [0.25, 0.3) is 5.91 Å². The number of hydrogen-bond donors (Lipinski definition) is 0. The number of pyridine rings is 1. The maximum Gasteiger partial charge on any atom is 0.277 e.